The van der Waals surface area contributed by atoms with Crippen molar-refractivity contribution in [1.29, 1.82) is 0 Å². The monoisotopic (exact) mass is 326 g/mol. The summed E-state index contributed by atoms with van der Waals surface area (Å²) in [5.74, 6) is 2.64. The SMILES string of the molecule is Cc1ncc(C)n2nc(CCc3nc(CNC4CC4)nn3C)nc12. The molecule has 8 heteroatoms. The summed E-state index contributed by atoms with van der Waals surface area (Å²) in [5, 5.41) is 12.5. The molecule has 1 saturated carbocycles. The fourth-order valence-corrected chi connectivity index (χ4v) is 2.76. The second-order valence-corrected chi connectivity index (χ2v) is 6.47. The molecule has 0 aliphatic heterocycles. The van der Waals surface area contributed by atoms with Crippen LogP contribution >= 0.6 is 0 Å². The van der Waals surface area contributed by atoms with Gasteiger partial charge in [0.05, 0.1) is 17.9 Å². The molecule has 0 bridgehead atoms. The molecule has 4 rings (SSSR count). The molecule has 0 spiro atoms. The Morgan fingerprint density at radius 3 is 2.71 bits per heavy atom. The Labute approximate surface area is 140 Å². The lowest BCUT2D eigenvalue weighted by atomic mass is 10.3. The maximum absolute atomic E-state index is 4.63. The highest BCUT2D eigenvalue weighted by atomic mass is 15.3. The van der Waals surface area contributed by atoms with Crippen LogP contribution in [-0.4, -0.2) is 40.4 Å². The first-order valence-electron chi connectivity index (χ1n) is 8.40. The van der Waals surface area contributed by atoms with E-state index in [4.69, 9.17) is 0 Å². The van der Waals surface area contributed by atoms with Gasteiger partial charge in [-0.25, -0.2) is 14.5 Å². The highest BCUT2D eigenvalue weighted by Gasteiger charge is 2.21. The molecule has 1 fully saturated rings. The summed E-state index contributed by atoms with van der Waals surface area (Å²) in [6.45, 7) is 4.68. The second-order valence-electron chi connectivity index (χ2n) is 6.47. The van der Waals surface area contributed by atoms with E-state index in [1.54, 1.807) is 0 Å². The molecule has 24 heavy (non-hydrogen) atoms. The van der Waals surface area contributed by atoms with Crippen molar-refractivity contribution in [2.24, 2.45) is 7.05 Å². The molecule has 0 saturated heterocycles. The van der Waals surface area contributed by atoms with Crippen molar-refractivity contribution in [3.05, 3.63) is 35.1 Å². The molecule has 3 aromatic heterocycles. The maximum atomic E-state index is 4.63. The van der Waals surface area contributed by atoms with Crippen molar-refractivity contribution in [3.8, 4) is 0 Å². The topological polar surface area (TPSA) is 85.8 Å². The van der Waals surface area contributed by atoms with Gasteiger partial charge in [-0.05, 0) is 26.7 Å². The van der Waals surface area contributed by atoms with Gasteiger partial charge in [0, 0.05) is 32.1 Å². The van der Waals surface area contributed by atoms with Gasteiger partial charge in [-0.15, -0.1) is 0 Å². The lowest BCUT2D eigenvalue weighted by Gasteiger charge is -1.97. The van der Waals surface area contributed by atoms with E-state index in [1.807, 2.05) is 36.3 Å². The molecule has 0 unspecified atom stereocenters. The standard InChI is InChI=1S/C16H22N8/c1-10-8-17-11(2)16-20-13(22-24(10)16)6-7-15-19-14(21-23(15)3)9-18-12-4-5-12/h8,12,18H,4-7,9H2,1-3H3. The molecule has 3 heterocycles. The normalized spacial score (nSPS) is 14.6. The molecule has 126 valence electrons. The quantitative estimate of drug-likeness (QED) is 0.724. The van der Waals surface area contributed by atoms with Crippen LogP contribution in [0.3, 0.4) is 0 Å². The Kier molecular flexibility index (Phi) is 3.76. The molecule has 3 aromatic rings. The van der Waals surface area contributed by atoms with Crippen molar-refractivity contribution in [2.45, 2.75) is 52.1 Å². The van der Waals surface area contributed by atoms with Gasteiger partial charge in [0.2, 0.25) is 0 Å². The van der Waals surface area contributed by atoms with Crippen LogP contribution in [0.15, 0.2) is 6.20 Å². The molecule has 1 N–H and O–H groups in total. The van der Waals surface area contributed by atoms with E-state index < -0.39 is 0 Å². The first-order chi connectivity index (χ1) is 11.6. The van der Waals surface area contributed by atoms with Gasteiger partial charge in [0.1, 0.15) is 5.82 Å². The molecule has 1 aliphatic carbocycles. The Balaban J connectivity index is 1.46. The number of hydrogen-bond acceptors (Lipinski definition) is 6. The van der Waals surface area contributed by atoms with Crippen LogP contribution in [0.2, 0.25) is 0 Å². The van der Waals surface area contributed by atoms with Gasteiger partial charge in [-0.1, -0.05) is 0 Å². The minimum atomic E-state index is 0.666. The number of aromatic nitrogens is 7. The third-order valence-electron chi connectivity index (χ3n) is 4.35. The maximum Gasteiger partial charge on any atom is 0.177 e. The Morgan fingerprint density at radius 1 is 1.12 bits per heavy atom. The van der Waals surface area contributed by atoms with Crippen LogP contribution in [0, 0.1) is 13.8 Å². The smallest absolute Gasteiger partial charge is 0.177 e. The van der Waals surface area contributed by atoms with E-state index in [0.29, 0.717) is 6.04 Å². The molecular weight excluding hydrogens is 304 g/mol. The number of aryl methyl sites for hydroxylation is 5. The molecule has 0 aromatic carbocycles. The zero-order valence-electron chi connectivity index (χ0n) is 14.3. The summed E-state index contributed by atoms with van der Waals surface area (Å²) >= 11 is 0. The van der Waals surface area contributed by atoms with Crippen LogP contribution in [-0.2, 0) is 26.4 Å². The Bertz CT molecular complexity index is 835. The number of rotatable bonds is 6. The van der Waals surface area contributed by atoms with Crippen molar-refractivity contribution >= 4 is 5.65 Å². The first kappa shape index (κ1) is 15.2. The third kappa shape index (κ3) is 3.01. The lowest BCUT2D eigenvalue weighted by Crippen LogP contribution is -2.16. The minimum absolute atomic E-state index is 0.666. The van der Waals surface area contributed by atoms with Gasteiger partial charge >= 0.3 is 0 Å². The highest BCUT2D eigenvalue weighted by molar-refractivity contribution is 5.43. The van der Waals surface area contributed by atoms with Crippen LogP contribution in [0.1, 0.15) is 41.7 Å². The second kappa shape index (κ2) is 5.94. The number of nitrogens with one attached hydrogen (secondary N) is 1. The zero-order chi connectivity index (χ0) is 16.7. The van der Waals surface area contributed by atoms with Crippen molar-refractivity contribution in [2.75, 3.05) is 0 Å². The largest absolute Gasteiger partial charge is 0.307 e. The molecule has 8 nitrogen and oxygen atoms in total. The van der Waals surface area contributed by atoms with Crippen molar-refractivity contribution < 1.29 is 0 Å². The van der Waals surface area contributed by atoms with Crippen molar-refractivity contribution in [1.82, 2.24) is 39.7 Å². The van der Waals surface area contributed by atoms with E-state index in [-0.39, 0.29) is 0 Å². The summed E-state index contributed by atoms with van der Waals surface area (Å²) in [7, 11) is 1.94. The van der Waals surface area contributed by atoms with E-state index in [2.05, 4.69) is 30.5 Å². The van der Waals surface area contributed by atoms with Crippen LogP contribution in [0.25, 0.3) is 5.65 Å². The first-order valence-corrected chi connectivity index (χ1v) is 8.40. The number of nitrogens with zero attached hydrogens (tertiary/aromatic N) is 7. The predicted molar refractivity (Wildman–Crippen MR) is 88.5 cm³/mol. The highest BCUT2D eigenvalue weighted by Crippen LogP contribution is 2.19. The Morgan fingerprint density at radius 2 is 1.96 bits per heavy atom. The summed E-state index contributed by atoms with van der Waals surface area (Å²) < 4.78 is 3.72. The molecule has 0 amide bonds. The van der Waals surface area contributed by atoms with Gasteiger partial charge in [-0.3, -0.25) is 9.67 Å². The summed E-state index contributed by atoms with van der Waals surface area (Å²) in [6.07, 6.45) is 5.88. The van der Waals surface area contributed by atoms with Crippen molar-refractivity contribution in [3.63, 3.8) is 0 Å². The fourth-order valence-electron chi connectivity index (χ4n) is 2.76. The Hall–Kier alpha value is -2.35. The fraction of sp³-hybridized carbons (Fsp3) is 0.562. The summed E-state index contributed by atoms with van der Waals surface area (Å²) in [6, 6.07) is 0.666. The van der Waals surface area contributed by atoms with Crippen LogP contribution in [0.4, 0.5) is 0 Å². The molecule has 1 aliphatic rings. The molecule has 0 radical (unpaired) electrons. The lowest BCUT2D eigenvalue weighted by molar-refractivity contribution is 0.640. The van der Waals surface area contributed by atoms with E-state index in [9.17, 15) is 0 Å². The van der Waals surface area contributed by atoms with Crippen LogP contribution in [0.5, 0.6) is 0 Å². The average molecular weight is 326 g/mol. The average Bonchev–Trinajstić information content (AvgIpc) is 3.17. The summed E-state index contributed by atoms with van der Waals surface area (Å²) in [5.41, 5.74) is 2.71. The van der Waals surface area contributed by atoms with Gasteiger partial charge in [0.25, 0.3) is 0 Å². The van der Waals surface area contributed by atoms with E-state index >= 15 is 0 Å². The number of fused-ring (bicyclic) bond motifs is 1. The van der Waals surface area contributed by atoms with E-state index in [1.165, 1.54) is 12.8 Å². The van der Waals surface area contributed by atoms with Gasteiger partial charge in [0.15, 0.2) is 17.3 Å². The third-order valence-corrected chi connectivity index (χ3v) is 4.35. The van der Waals surface area contributed by atoms with Gasteiger partial charge < -0.3 is 5.32 Å². The minimum Gasteiger partial charge on any atom is -0.307 e. The zero-order valence-corrected chi connectivity index (χ0v) is 14.3. The molecule has 0 atom stereocenters. The van der Waals surface area contributed by atoms with E-state index in [0.717, 1.165) is 53.9 Å². The van der Waals surface area contributed by atoms with Gasteiger partial charge in [-0.2, -0.15) is 10.2 Å². The van der Waals surface area contributed by atoms with Crippen LogP contribution < -0.4 is 5.32 Å². The molecular formula is C16H22N8. The summed E-state index contributed by atoms with van der Waals surface area (Å²) in [4.78, 5) is 13.6. The number of hydrogen-bond donors (Lipinski definition) is 1. The predicted octanol–water partition coefficient (Wildman–Crippen LogP) is 0.907.